The van der Waals surface area contributed by atoms with Gasteiger partial charge in [-0.25, -0.2) is 4.79 Å². The SMILES string of the molecule is CCCCCCCCCCCCCC[NH2+]CC(=O)O. The number of carboxylic acid groups (broad SMARTS) is 1. The van der Waals surface area contributed by atoms with Crippen LogP contribution in [0.3, 0.4) is 0 Å². The number of nitrogens with two attached hydrogens (primary N) is 1. The number of quaternary nitrogens is 1. The summed E-state index contributed by atoms with van der Waals surface area (Å²) in [7, 11) is 0. The van der Waals surface area contributed by atoms with Gasteiger partial charge in [0.25, 0.3) is 0 Å². The van der Waals surface area contributed by atoms with Gasteiger partial charge in [-0.15, -0.1) is 0 Å². The number of carboxylic acids is 1. The Morgan fingerprint density at radius 1 is 0.789 bits per heavy atom. The molecule has 3 N–H and O–H groups in total. The molecule has 0 heterocycles. The molecular formula is C16H34NO2+. The molecule has 0 saturated heterocycles. The lowest BCUT2D eigenvalue weighted by atomic mass is 10.1. The maximum atomic E-state index is 10.3. The van der Waals surface area contributed by atoms with E-state index in [0.717, 1.165) is 13.0 Å². The molecule has 0 fully saturated rings. The molecule has 19 heavy (non-hydrogen) atoms. The monoisotopic (exact) mass is 272 g/mol. The van der Waals surface area contributed by atoms with E-state index in [1.54, 1.807) is 0 Å². The summed E-state index contributed by atoms with van der Waals surface area (Å²) in [5.41, 5.74) is 0. The summed E-state index contributed by atoms with van der Waals surface area (Å²) in [5.74, 6) is -0.709. The molecule has 0 unspecified atom stereocenters. The highest BCUT2D eigenvalue weighted by Gasteiger charge is 1.98. The van der Waals surface area contributed by atoms with Crippen LogP contribution in [0.1, 0.15) is 84.0 Å². The first-order valence-electron chi connectivity index (χ1n) is 8.30. The molecule has 0 rings (SSSR count). The van der Waals surface area contributed by atoms with Crippen molar-refractivity contribution in [1.82, 2.24) is 0 Å². The van der Waals surface area contributed by atoms with Crippen LogP contribution in [0.25, 0.3) is 0 Å². The molecule has 0 amide bonds. The minimum Gasteiger partial charge on any atom is -0.477 e. The van der Waals surface area contributed by atoms with Crippen LogP contribution in [0.4, 0.5) is 0 Å². The van der Waals surface area contributed by atoms with Gasteiger partial charge in [-0.2, -0.15) is 0 Å². The lowest BCUT2D eigenvalue weighted by molar-refractivity contribution is -0.645. The van der Waals surface area contributed by atoms with Crippen LogP contribution in [0, 0.1) is 0 Å². The number of hydrogen-bond donors (Lipinski definition) is 2. The van der Waals surface area contributed by atoms with Gasteiger partial charge in [-0.1, -0.05) is 71.1 Å². The first-order chi connectivity index (χ1) is 9.27. The first-order valence-corrected chi connectivity index (χ1v) is 8.30. The summed E-state index contributed by atoms with van der Waals surface area (Å²) in [5, 5.41) is 10.4. The Bertz CT molecular complexity index is 195. The Kier molecular flexibility index (Phi) is 15.0. The van der Waals surface area contributed by atoms with Gasteiger partial charge in [0.1, 0.15) is 0 Å². The van der Waals surface area contributed by atoms with Crippen molar-refractivity contribution in [2.75, 3.05) is 13.1 Å². The molecule has 0 aromatic carbocycles. The van der Waals surface area contributed by atoms with Crippen LogP contribution in [0.5, 0.6) is 0 Å². The van der Waals surface area contributed by atoms with Crippen molar-refractivity contribution in [2.45, 2.75) is 84.0 Å². The zero-order valence-corrected chi connectivity index (χ0v) is 12.8. The van der Waals surface area contributed by atoms with E-state index in [4.69, 9.17) is 5.11 Å². The highest BCUT2D eigenvalue weighted by Crippen LogP contribution is 2.11. The number of aliphatic carboxylic acids is 1. The van der Waals surface area contributed by atoms with Crippen molar-refractivity contribution in [3.8, 4) is 0 Å². The number of rotatable bonds is 15. The second-order valence-electron chi connectivity index (χ2n) is 5.56. The van der Waals surface area contributed by atoms with Crippen molar-refractivity contribution in [1.29, 1.82) is 0 Å². The van der Waals surface area contributed by atoms with Gasteiger partial charge in [0.05, 0.1) is 6.54 Å². The van der Waals surface area contributed by atoms with Crippen LogP contribution in [-0.4, -0.2) is 24.2 Å². The Morgan fingerprint density at radius 3 is 1.63 bits per heavy atom. The molecule has 0 spiro atoms. The third-order valence-corrected chi connectivity index (χ3v) is 3.58. The molecule has 0 aliphatic heterocycles. The predicted octanol–water partition coefficient (Wildman–Crippen LogP) is 3.34. The third-order valence-electron chi connectivity index (χ3n) is 3.58. The average Bonchev–Trinajstić information content (AvgIpc) is 2.39. The third kappa shape index (κ3) is 17.4. The number of unbranched alkanes of at least 4 members (excludes halogenated alkanes) is 11. The van der Waals surface area contributed by atoms with Crippen LogP contribution in [0.15, 0.2) is 0 Å². The lowest BCUT2D eigenvalue weighted by Crippen LogP contribution is -2.85. The van der Waals surface area contributed by atoms with Gasteiger partial charge >= 0.3 is 5.97 Å². The number of hydrogen-bond acceptors (Lipinski definition) is 1. The predicted molar refractivity (Wildman–Crippen MR) is 80.4 cm³/mol. The van der Waals surface area contributed by atoms with Gasteiger partial charge in [0, 0.05) is 0 Å². The van der Waals surface area contributed by atoms with Gasteiger partial charge in [0.2, 0.25) is 0 Å². The van der Waals surface area contributed by atoms with Gasteiger partial charge in [-0.05, 0) is 12.8 Å². The van der Waals surface area contributed by atoms with Crippen molar-refractivity contribution in [3.63, 3.8) is 0 Å². The smallest absolute Gasteiger partial charge is 0.359 e. The minimum absolute atomic E-state index is 0.220. The van der Waals surface area contributed by atoms with E-state index in [9.17, 15) is 4.79 Å². The molecular weight excluding hydrogens is 238 g/mol. The highest BCUT2D eigenvalue weighted by atomic mass is 16.4. The Labute approximate surface area is 119 Å². The highest BCUT2D eigenvalue weighted by molar-refractivity contribution is 5.67. The second-order valence-corrected chi connectivity index (χ2v) is 5.56. The summed E-state index contributed by atoms with van der Waals surface area (Å²) < 4.78 is 0. The fourth-order valence-electron chi connectivity index (χ4n) is 2.36. The minimum atomic E-state index is -0.709. The fraction of sp³-hybridized carbons (Fsp3) is 0.938. The molecule has 0 bridgehead atoms. The van der Waals surface area contributed by atoms with E-state index in [1.165, 1.54) is 70.6 Å². The molecule has 0 aromatic rings. The molecule has 0 aliphatic rings. The van der Waals surface area contributed by atoms with E-state index in [2.05, 4.69) is 6.92 Å². The number of carbonyl (C=O) groups is 1. The zero-order valence-electron chi connectivity index (χ0n) is 12.8. The van der Waals surface area contributed by atoms with Crippen molar-refractivity contribution in [2.24, 2.45) is 0 Å². The van der Waals surface area contributed by atoms with E-state index < -0.39 is 5.97 Å². The maximum absolute atomic E-state index is 10.3. The normalized spacial score (nSPS) is 10.8. The van der Waals surface area contributed by atoms with Crippen molar-refractivity contribution < 1.29 is 15.2 Å². The molecule has 0 aromatic heterocycles. The standard InChI is InChI=1S/C16H33NO2/c1-2-3-4-5-6-7-8-9-10-11-12-13-14-17-15-16(18)19/h17H,2-15H2,1H3,(H,18,19)/p+1. The van der Waals surface area contributed by atoms with E-state index in [1.807, 2.05) is 5.32 Å². The molecule has 3 nitrogen and oxygen atoms in total. The first kappa shape index (κ1) is 18.4. The zero-order chi connectivity index (χ0) is 14.2. The molecule has 0 radical (unpaired) electrons. The Morgan fingerprint density at radius 2 is 1.21 bits per heavy atom. The summed E-state index contributed by atoms with van der Waals surface area (Å²) in [4.78, 5) is 10.3. The van der Waals surface area contributed by atoms with Crippen LogP contribution < -0.4 is 5.32 Å². The van der Waals surface area contributed by atoms with Gasteiger partial charge in [0.15, 0.2) is 6.54 Å². The summed E-state index contributed by atoms with van der Waals surface area (Å²) >= 11 is 0. The average molecular weight is 272 g/mol. The molecule has 0 saturated carbocycles. The van der Waals surface area contributed by atoms with Gasteiger partial charge in [-0.3, -0.25) is 0 Å². The molecule has 114 valence electrons. The van der Waals surface area contributed by atoms with Crippen LogP contribution in [-0.2, 0) is 4.79 Å². The summed E-state index contributed by atoms with van der Waals surface area (Å²) in [6, 6.07) is 0. The quantitative estimate of drug-likeness (QED) is 0.449. The van der Waals surface area contributed by atoms with E-state index >= 15 is 0 Å². The Balaban J connectivity index is 2.93. The molecule has 3 heteroatoms. The van der Waals surface area contributed by atoms with E-state index in [-0.39, 0.29) is 6.54 Å². The topological polar surface area (TPSA) is 53.9 Å². The maximum Gasteiger partial charge on any atom is 0.359 e. The summed E-state index contributed by atoms with van der Waals surface area (Å²) in [6.45, 7) is 3.45. The largest absolute Gasteiger partial charge is 0.477 e. The molecule has 0 aliphatic carbocycles. The fourth-order valence-corrected chi connectivity index (χ4v) is 2.36. The lowest BCUT2D eigenvalue weighted by Gasteiger charge is -2.02. The molecule has 0 atom stereocenters. The van der Waals surface area contributed by atoms with Crippen molar-refractivity contribution in [3.05, 3.63) is 0 Å². The van der Waals surface area contributed by atoms with Crippen LogP contribution in [0.2, 0.25) is 0 Å². The van der Waals surface area contributed by atoms with Crippen LogP contribution >= 0.6 is 0 Å². The van der Waals surface area contributed by atoms with Crippen molar-refractivity contribution >= 4 is 5.97 Å². The second kappa shape index (κ2) is 15.5. The Hall–Kier alpha value is -0.570. The van der Waals surface area contributed by atoms with Gasteiger partial charge < -0.3 is 10.4 Å². The van der Waals surface area contributed by atoms with E-state index in [0.29, 0.717) is 0 Å². The summed E-state index contributed by atoms with van der Waals surface area (Å²) in [6.07, 6.45) is 16.3.